The van der Waals surface area contributed by atoms with Crippen molar-refractivity contribution in [3.63, 3.8) is 0 Å². The van der Waals surface area contributed by atoms with E-state index in [0.29, 0.717) is 45.0 Å². The average molecular weight is 655 g/mol. The lowest BCUT2D eigenvalue weighted by Crippen LogP contribution is -2.37. The van der Waals surface area contributed by atoms with Crippen LogP contribution in [0.3, 0.4) is 0 Å². The second-order valence-corrected chi connectivity index (χ2v) is 13.8. The summed E-state index contributed by atoms with van der Waals surface area (Å²) in [5.41, 5.74) is 3.41. The van der Waals surface area contributed by atoms with Crippen LogP contribution in [0.5, 0.6) is 0 Å². The van der Waals surface area contributed by atoms with Gasteiger partial charge in [-0.3, -0.25) is 0 Å². The molecule has 0 amide bonds. The first-order chi connectivity index (χ1) is 22.4. The van der Waals surface area contributed by atoms with Crippen LogP contribution in [-0.4, -0.2) is 119 Å². The molecule has 0 saturated carbocycles. The van der Waals surface area contributed by atoms with Gasteiger partial charge in [0.05, 0.1) is 57.8 Å². The van der Waals surface area contributed by atoms with Gasteiger partial charge in [0.15, 0.2) is 0 Å². The number of piperidine rings is 1. The van der Waals surface area contributed by atoms with Crippen molar-refractivity contribution in [2.24, 2.45) is 0 Å². The molecule has 0 atom stereocenters. The van der Waals surface area contributed by atoms with E-state index in [-0.39, 0.29) is 31.2 Å². The largest absolute Gasteiger partial charge is 0.378 e. The van der Waals surface area contributed by atoms with Crippen molar-refractivity contribution in [1.82, 2.24) is 4.31 Å². The highest BCUT2D eigenvalue weighted by Crippen LogP contribution is 2.31. The first kappa shape index (κ1) is 34.4. The molecule has 0 bridgehead atoms. The summed E-state index contributed by atoms with van der Waals surface area (Å²) in [4.78, 5) is 7.04. The van der Waals surface area contributed by atoms with Crippen molar-refractivity contribution >= 4 is 37.9 Å². The lowest BCUT2D eigenvalue weighted by molar-refractivity contribution is 0.0328. The van der Waals surface area contributed by atoms with Crippen LogP contribution in [0.25, 0.3) is 10.8 Å². The van der Waals surface area contributed by atoms with Crippen LogP contribution < -0.4 is 14.7 Å². The summed E-state index contributed by atoms with van der Waals surface area (Å²) in [5, 5.41) is 1.59. The fraction of sp³-hybridized carbons (Fsp3) is 0.543. The molecule has 0 N–H and O–H groups in total. The normalized spacial score (nSPS) is 19.4. The summed E-state index contributed by atoms with van der Waals surface area (Å²) < 4.78 is 53.0. The van der Waals surface area contributed by atoms with Gasteiger partial charge in [-0.25, -0.2) is 8.42 Å². The Morgan fingerprint density at radius 1 is 0.543 bits per heavy atom. The Bertz CT molecular complexity index is 1440. The van der Waals surface area contributed by atoms with Crippen LogP contribution in [-0.2, 0) is 29.0 Å². The molecule has 0 spiro atoms. The van der Waals surface area contributed by atoms with E-state index >= 15 is 0 Å². The zero-order valence-electron chi connectivity index (χ0n) is 27.4. The SMILES string of the molecule is CN(C)c1cccc2c(S(=O)(=O)N3CCOCCOCCN(c4ccc(N5CCCCC5)cc4)CCOCCOCC3)cccc12. The smallest absolute Gasteiger partial charge is 0.243 e. The fourth-order valence-corrected chi connectivity index (χ4v) is 7.71. The van der Waals surface area contributed by atoms with E-state index < -0.39 is 10.0 Å². The molecule has 5 rings (SSSR count). The number of sulfonamides is 1. The molecule has 252 valence electrons. The molecule has 11 heteroatoms. The van der Waals surface area contributed by atoms with Crippen LogP contribution in [0.1, 0.15) is 19.3 Å². The number of ether oxygens (including phenoxy) is 4. The van der Waals surface area contributed by atoms with E-state index in [1.54, 1.807) is 12.1 Å². The van der Waals surface area contributed by atoms with E-state index in [0.717, 1.165) is 42.9 Å². The quantitative estimate of drug-likeness (QED) is 0.396. The third kappa shape index (κ3) is 9.11. The Balaban J connectivity index is 1.19. The number of hydrogen-bond donors (Lipinski definition) is 0. The molecule has 0 radical (unpaired) electrons. The average Bonchev–Trinajstić information content (AvgIpc) is 3.08. The summed E-state index contributed by atoms with van der Waals surface area (Å²) >= 11 is 0. The van der Waals surface area contributed by atoms with Gasteiger partial charge in [-0.2, -0.15) is 4.31 Å². The van der Waals surface area contributed by atoms with E-state index in [1.807, 2.05) is 43.3 Å². The van der Waals surface area contributed by atoms with Crippen molar-refractivity contribution in [3.05, 3.63) is 60.7 Å². The Hall–Kier alpha value is -2.93. The molecular weight excluding hydrogens is 604 g/mol. The molecular formula is C35H50N4O6S. The molecule has 10 nitrogen and oxygen atoms in total. The molecule has 0 aromatic heterocycles. The molecule has 2 heterocycles. The van der Waals surface area contributed by atoms with Gasteiger partial charge in [0, 0.05) is 81.2 Å². The molecule has 0 aliphatic carbocycles. The van der Waals surface area contributed by atoms with Gasteiger partial charge in [-0.05, 0) is 55.7 Å². The number of nitrogens with zero attached hydrogens (tertiary/aromatic N) is 4. The third-order valence-electron chi connectivity index (χ3n) is 8.62. The predicted molar refractivity (Wildman–Crippen MR) is 185 cm³/mol. The molecule has 3 aromatic rings. The lowest BCUT2D eigenvalue weighted by Gasteiger charge is -2.30. The Morgan fingerprint density at radius 2 is 1.02 bits per heavy atom. The maximum absolute atomic E-state index is 14.0. The predicted octanol–water partition coefficient (Wildman–Crippen LogP) is 4.47. The summed E-state index contributed by atoms with van der Waals surface area (Å²) in [5.74, 6) is 0. The topological polar surface area (TPSA) is 84.0 Å². The minimum absolute atomic E-state index is 0.215. The first-order valence-corrected chi connectivity index (χ1v) is 18.0. The molecule has 0 unspecified atom stereocenters. The number of rotatable bonds is 5. The van der Waals surface area contributed by atoms with E-state index in [2.05, 4.69) is 34.1 Å². The van der Waals surface area contributed by atoms with Gasteiger partial charge in [0.2, 0.25) is 10.0 Å². The van der Waals surface area contributed by atoms with Crippen LogP contribution in [0.2, 0.25) is 0 Å². The second-order valence-electron chi connectivity index (χ2n) is 11.9. The Labute approximate surface area is 274 Å². The molecule has 3 aromatic carbocycles. The van der Waals surface area contributed by atoms with Crippen LogP contribution in [0, 0.1) is 0 Å². The highest BCUT2D eigenvalue weighted by atomic mass is 32.2. The summed E-state index contributed by atoms with van der Waals surface area (Å²) in [6.07, 6.45) is 3.84. The van der Waals surface area contributed by atoms with Crippen molar-refractivity contribution < 1.29 is 27.4 Å². The Kier molecular flexibility index (Phi) is 12.9. The maximum atomic E-state index is 14.0. The zero-order chi connectivity index (χ0) is 32.2. The summed E-state index contributed by atoms with van der Waals surface area (Å²) in [7, 11) is 0.0945. The van der Waals surface area contributed by atoms with Gasteiger partial charge in [0.25, 0.3) is 0 Å². The molecule has 2 aliphatic rings. The number of anilines is 3. The van der Waals surface area contributed by atoms with Crippen molar-refractivity contribution in [2.75, 3.05) is 121 Å². The van der Waals surface area contributed by atoms with Gasteiger partial charge in [0.1, 0.15) is 0 Å². The highest BCUT2D eigenvalue weighted by molar-refractivity contribution is 7.89. The second kappa shape index (κ2) is 17.3. The molecule has 2 aliphatic heterocycles. The van der Waals surface area contributed by atoms with E-state index in [9.17, 15) is 8.42 Å². The van der Waals surface area contributed by atoms with Crippen LogP contribution in [0.15, 0.2) is 65.6 Å². The highest BCUT2D eigenvalue weighted by Gasteiger charge is 2.26. The number of fused-ring (bicyclic) bond motifs is 1. The van der Waals surface area contributed by atoms with Gasteiger partial charge < -0.3 is 33.6 Å². The fourth-order valence-electron chi connectivity index (χ4n) is 6.09. The lowest BCUT2D eigenvalue weighted by atomic mass is 10.1. The third-order valence-corrected chi connectivity index (χ3v) is 10.6. The Morgan fingerprint density at radius 3 is 1.57 bits per heavy atom. The standard InChI is InChI=1S/C35H50N4O6S/c1-36(2)34-10-6-9-33-32(34)8-7-11-35(33)46(40,41)39-20-24-44-28-26-42-22-18-38(19-23-43-27-29-45-25-21-39)31-14-12-30(13-15-31)37-16-4-3-5-17-37/h6-15H,3-5,16-29H2,1-2H3. The van der Waals surface area contributed by atoms with Gasteiger partial charge in [-0.1, -0.05) is 24.3 Å². The maximum Gasteiger partial charge on any atom is 0.243 e. The zero-order valence-corrected chi connectivity index (χ0v) is 28.3. The monoisotopic (exact) mass is 654 g/mol. The minimum atomic E-state index is -3.82. The minimum Gasteiger partial charge on any atom is -0.378 e. The summed E-state index contributed by atoms with van der Waals surface area (Å²) in [6.45, 7) is 7.42. The van der Waals surface area contributed by atoms with Crippen molar-refractivity contribution in [3.8, 4) is 0 Å². The van der Waals surface area contributed by atoms with E-state index in [1.165, 1.54) is 29.3 Å². The van der Waals surface area contributed by atoms with Crippen LogP contribution >= 0.6 is 0 Å². The number of benzene rings is 3. The van der Waals surface area contributed by atoms with E-state index in [4.69, 9.17) is 18.9 Å². The van der Waals surface area contributed by atoms with Crippen molar-refractivity contribution in [1.29, 1.82) is 0 Å². The summed E-state index contributed by atoms with van der Waals surface area (Å²) in [6, 6.07) is 20.0. The first-order valence-electron chi connectivity index (χ1n) is 16.6. The van der Waals surface area contributed by atoms with Gasteiger partial charge in [-0.15, -0.1) is 0 Å². The number of hydrogen-bond acceptors (Lipinski definition) is 9. The van der Waals surface area contributed by atoms with Crippen molar-refractivity contribution in [2.45, 2.75) is 24.2 Å². The molecule has 46 heavy (non-hydrogen) atoms. The van der Waals surface area contributed by atoms with Gasteiger partial charge >= 0.3 is 0 Å². The molecule has 2 saturated heterocycles. The van der Waals surface area contributed by atoms with Crippen LogP contribution in [0.4, 0.5) is 17.1 Å². The molecule has 2 fully saturated rings.